The van der Waals surface area contributed by atoms with Crippen molar-refractivity contribution in [2.24, 2.45) is 0 Å². The summed E-state index contributed by atoms with van der Waals surface area (Å²) in [7, 11) is 1.70. The van der Waals surface area contributed by atoms with Gasteiger partial charge in [0.05, 0.1) is 19.2 Å². The molecule has 1 saturated carbocycles. The summed E-state index contributed by atoms with van der Waals surface area (Å²) in [5.74, 6) is 1.04. The van der Waals surface area contributed by atoms with Crippen LogP contribution in [0.25, 0.3) is 0 Å². The number of tetrazole rings is 1. The Morgan fingerprint density at radius 2 is 1.94 bits per heavy atom. The molecule has 0 radical (unpaired) electrons. The molecular formula is C23H34N6O2. The Morgan fingerprint density at radius 1 is 1.16 bits per heavy atom. The van der Waals surface area contributed by atoms with Crippen molar-refractivity contribution in [2.75, 3.05) is 13.7 Å². The number of nitrogens with zero attached hydrogens (tertiary/aromatic N) is 5. The van der Waals surface area contributed by atoms with Gasteiger partial charge in [-0.05, 0) is 66.3 Å². The lowest BCUT2D eigenvalue weighted by Gasteiger charge is -2.27. The third kappa shape index (κ3) is 5.06. The van der Waals surface area contributed by atoms with Gasteiger partial charge in [-0.3, -0.25) is 9.69 Å². The van der Waals surface area contributed by atoms with Crippen molar-refractivity contribution in [2.45, 2.75) is 83.5 Å². The molecule has 0 bridgehead atoms. The monoisotopic (exact) mass is 426 g/mol. The molecule has 1 aliphatic carbocycles. The summed E-state index contributed by atoms with van der Waals surface area (Å²) in [6, 6.07) is 4.48. The number of amides is 1. The molecule has 8 nitrogen and oxygen atoms in total. The van der Waals surface area contributed by atoms with Crippen LogP contribution < -0.4 is 10.1 Å². The molecule has 2 heterocycles. The Morgan fingerprint density at radius 3 is 2.61 bits per heavy atom. The average Bonchev–Trinajstić information content (AvgIpc) is 3.36. The summed E-state index contributed by atoms with van der Waals surface area (Å²) in [5.41, 5.74) is 3.51. The van der Waals surface area contributed by atoms with Gasteiger partial charge in [0.15, 0.2) is 0 Å². The van der Waals surface area contributed by atoms with Gasteiger partial charge < -0.3 is 10.1 Å². The van der Waals surface area contributed by atoms with Crippen LogP contribution in [0.3, 0.4) is 0 Å². The normalized spacial score (nSPS) is 22.9. The summed E-state index contributed by atoms with van der Waals surface area (Å²) < 4.78 is 7.26. The second-order valence-corrected chi connectivity index (χ2v) is 9.07. The standard InChI is InChI=1S/C23H34N6O2/c1-16-11-22(31-3)17(2)10-18(16)13-28-14-20(29-15-24-26-27-29)12-21(28)23(30)25-19-8-6-4-5-7-9-19/h10-11,15,19-21H,4-9,12-14H2,1-3H3,(H,25,30)/t20-,21+/m1/s1. The Labute approximate surface area is 184 Å². The number of nitrogens with one attached hydrogen (secondary N) is 1. The molecular weight excluding hydrogens is 392 g/mol. The zero-order valence-electron chi connectivity index (χ0n) is 18.9. The van der Waals surface area contributed by atoms with Crippen LogP contribution in [0.15, 0.2) is 18.5 Å². The second kappa shape index (κ2) is 9.77. The van der Waals surface area contributed by atoms with E-state index in [2.05, 4.69) is 51.7 Å². The third-order valence-corrected chi connectivity index (χ3v) is 6.85. The molecule has 8 heteroatoms. The van der Waals surface area contributed by atoms with Gasteiger partial charge in [-0.25, -0.2) is 4.68 Å². The maximum atomic E-state index is 13.4. The van der Waals surface area contributed by atoms with E-state index in [4.69, 9.17) is 4.74 Å². The van der Waals surface area contributed by atoms with Crippen LogP contribution in [-0.4, -0.2) is 56.8 Å². The molecule has 2 aliphatic rings. The van der Waals surface area contributed by atoms with E-state index in [9.17, 15) is 4.79 Å². The van der Waals surface area contributed by atoms with Crippen LogP contribution >= 0.6 is 0 Å². The number of carbonyl (C=O) groups excluding carboxylic acids is 1. The minimum atomic E-state index is -0.181. The molecule has 4 rings (SSSR count). The molecule has 1 aliphatic heterocycles. The van der Waals surface area contributed by atoms with E-state index in [0.29, 0.717) is 6.04 Å². The molecule has 2 fully saturated rings. The lowest BCUT2D eigenvalue weighted by molar-refractivity contribution is -0.126. The number of hydrogen-bond donors (Lipinski definition) is 1. The Balaban J connectivity index is 1.52. The second-order valence-electron chi connectivity index (χ2n) is 9.07. The van der Waals surface area contributed by atoms with Crippen LogP contribution in [0.4, 0.5) is 0 Å². The first-order valence-electron chi connectivity index (χ1n) is 11.5. The Kier molecular flexibility index (Phi) is 6.85. The van der Waals surface area contributed by atoms with Gasteiger partial charge in [0.1, 0.15) is 12.1 Å². The Hall–Kier alpha value is -2.48. The van der Waals surface area contributed by atoms with Crippen LogP contribution in [0, 0.1) is 13.8 Å². The smallest absolute Gasteiger partial charge is 0.237 e. The number of hydrogen-bond acceptors (Lipinski definition) is 6. The maximum absolute atomic E-state index is 13.4. The van der Waals surface area contributed by atoms with E-state index >= 15 is 0 Å². The maximum Gasteiger partial charge on any atom is 0.237 e. The fourth-order valence-corrected chi connectivity index (χ4v) is 5.03. The number of aryl methyl sites for hydroxylation is 2. The predicted molar refractivity (Wildman–Crippen MR) is 118 cm³/mol. The number of carbonyl (C=O) groups is 1. The summed E-state index contributed by atoms with van der Waals surface area (Å²) >= 11 is 0. The number of aromatic nitrogens is 4. The largest absolute Gasteiger partial charge is 0.496 e. The number of rotatable bonds is 6. The Bertz CT molecular complexity index is 876. The molecule has 0 spiro atoms. The van der Waals surface area contributed by atoms with Crippen LogP contribution in [0.1, 0.15) is 67.7 Å². The first kappa shape index (κ1) is 21.7. The van der Waals surface area contributed by atoms with E-state index in [0.717, 1.165) is 43.7 Å². The van der Waals surface area contributed by atoms with Gasteiger partial charge in [-0.1, -0.05) is 31.7 Å². The van der Waals surface area contributed by atoms with Gasteiger partial charge in [-0.15, -0.1) is 5.10 Å². The van der Waals surface area contributed by atoms with Crippen molar-refractivity contribution in [3.8, 4) is 5.75 Å². The van der Waals surface area contributed by atoms with Gasteiger partial charge in [0, 0.05) is 19.1 Å². The topological polar surface area (TPSA) is 85.2 Å². The zero-order chi connectivity index (χ0) is 21.8. The SMILES string of the molecule is COc1cc(C)c(CN2C[C@H](n3cnnn3)C[C@H]2C(=O)NC2CCCCCC2)cc1C. The third-order valence-electron chi connectivity index (χ3n) is 6.85. The van der Waals surface area contributed by atoms with Crippen molar-refractivity contribution < 1.29 is 9.53 Å². The molecule has 0 unspecified atom stereocenters. The van der Waals surface area contributed by atoms with Crippen LogP contribution in [-0.2, 0) is 11.3 Å². The quantitative estimate of drug-likeness (QED) is 0.715. The lowest BCUT2D eigenvalue weighted by atomic mass is 10.0. The summed E-state index contributed by atoms with van der Waals surface area (Å²) in [6.45, 7) is 5.63. The summed E-state index contributed by atoms with van der Waals surface area (Å²) in [4.78, 5) is 15.6. The molecule has 2 atom stereocenters. The van der Waals surface area contributed by atoms with Crippen molar-refractivity contribution in [3.63, 3.8) is 0 Å². The summed E-state index contributed by atoms with van der Waals surface area (Å²) in [5, 5.41) is 15.0. The van der Waals surface area contributed by atoms with Crippen LogP contribution in [0.2, 0.25) is 0 Å². The molecule has 1 aromatic heterocycles. The minimum absolute atomic E-state index is 0.0968. The van der Waals surface area contributed by atoms with Crippen molar-refractivity contribution >= 4 is 5.91 Å². The van der Waals surface area contributed by atoms with Crippen molar-refractivity contribution in [1.29, 1.82) is 0 Å². The average molecular weight is 427 g/mol. The van der Waals surface area contributed by atoms with E-state index < -0.39 is 0 Å². The number of methoxy groups -OCH3 is 1. The molecule has 1 aromatic carbocycles. The lowest BCUT2D eigenvalue weighted by Crippen LogP contribution is -2.46. The fraction of sp³-hybridized carbons (Fsp3) is 0.652. The van der Waals surface area contributed by atoms with Gasteiger partial charge in [-0.2, -0.15) is 0 Å². The van der Waals surface area contributed by atoms with Gasteiger partial charge >= 0.3 is 0 Å². The highest BCUT2D eigenvalue weighted by molar-refractivity contribution is 5.82. The number of benzene rings is 1. The number of likely N-dealkylation sites (tertiary alicyclic amines) is 1. The molecule has 1 saturated heterocycles. The first-order valence-corrected chi connectivity index (χ1v) is 11.5. The zero-order valence-corrected chi connectivity index (χ0v) is 18.9. The van der Waals surface area contributed by atoms with Gasteiger partial charge in [0.2, 0.25) is 5.91 Å². The van der Waals surface area contributed by atoms with Gasteiger partial charge in [0.25, 0.3) is 0 Å². The minimum Gasteiger partial charge on any atom is -0.496 e. The molecule has 1 N–H and O–H groups in total. The first-order chi connectivity index (χ1) is 15.0. The summed E-state index contributed by atoms with van der Waals surface area (Å²) in [6.07, 6.45) is 9.51. The highest BCUT2D eigenvalue weighted by atomic mass is 16.5. The molecule has 2 aromatic rings. The highest BCUT2D eigenvalue weighted by Gasteiger charge is 2.39. The van der Waals surface area contributed by atoms with Crippen molar-refractivity contribution in [3.05, 3.63) is 35.2 Å². The van der Waals surface area contributed by atoms with E-state index in [1.165, 1.54) is 36.8 Å². The fourth-order valence-electron chi connectivity index (χ4n) is 5.03. The highest BCUT2D eigenvalue weighted by Crippen LogP contribution is 2.31. The molecule has 31 heavy (non-hydrogen) atoms. The predicted octanol–water partition coefficient (Wildman–Crippen LogP) is 2.95. The molecule has 168 valence electrons. The van der Waals surface area contributed by atoms with E-state index in [1.54, 1.807) is 18.1 Å². The molecule has 1 amide bonds. The van der Waals surface area contributed by atoms with E-state index in [-0.39, 0.29) is 18.0 Å². The van der Waals surface area contributed by atoms with E-state index in [1.807, 2.05) is 0 Å². The number of ether oxygens (including phenoxy) is 1. The van der Waals surface area contributed by atoms with Crippen molar-refractivity contribution in [1.82, 2.24) is 30.4 Å². The van der Waals surface area contributed by atoms with Crippen LogP contribution in [0.5, 0.6) is 5.75 Å².